The summed E-state index contributed by atoms with van der Waals surface area (Å²) >= 11 is 0. The topological polar surface area (TPSA) is 12.0 Å². The minimum atomic E-state index is 0.419. The molecule has 96 valence electrons. The molecule has 0 aliphatic heterocycles. The number of aryl methyl sites for hydroxylation is 1. The van der Waals surface area contributed by atoms with Crippen LogP contribution in [0.5, 0.6) is 0 Å². The Morgan fingerprint density at radius 2 is 1.59 bits per heavy atom. The number of hydrogen-bond acceptors (Lipinski definition) is 1. The Balaban J connectivity index is 0.000000686. The SMILES string of the molecule is CC.CNCC1(c2ccc(C)cc2)CCCC1. The van der Waals surface area contributed by atoms with Gasteiger partial charge < -0.3 is 5.32 Å². The van der Waals surface area contributed by atoms with Crippen molar-refractivity contribution in [2.24, 2.45) is 0 Å². The van der Waals surface area contributed by atoms with Crippen LogP contribution in [0.2, 0.25) is 0 Å². The zero-order valence-corrected chi connectivity index (χ0v) is 11.8. The lowest BCUT2D eigenvalue weighted by Crippen LogP contribution is -2.34. The van der Waals surface area contributed by atoms with Crippen molar-refractivity contribution in [1.82, 2.24) is 5.32 Å². The minimum absolute atomic E-state index is 0.419. The maximum atomic E-state index is 3.36. The van der Waals surface area contributed by atoms with Gasteiger partial charge in [-0.3, -0.25) is 0 Å². The molecule has 17 heavy (non-hydrogen) atoms. The fourth-order valence-electron chi connectivity index (χ4n) is 2.86. The van der Waals surface area contributed by atoms with Crippen LogP contribution < -0.4 is 5.32 Å². The van der Waals surface area contributed by atoms with E-state index >= 15 is 0 Å². The normalized spacial score (nSPS) is 17.4. The van der Waals surface area contributed by atoms with Gasteiger partial charge in [-0.25, -0.2) is 0 Å². The van der Waals surface area contributed by atoms with Crippen molar-refractivity contribution >= 4 is 0 Å². The number of likely N-dealkylation sites (N-methyl/N-ethyl adjacent to an activating group) is 1. The number of nitrogens with one attached hydrogen (secondary N) is 1. The van der Waals surface area contributed by atoms with Gasteiger partial charge in [-0.15, -0.1) is 0 Å². The Morgan fingerprint density at radius 3 is 2.06 bits per heavy atom. The van der Waals surface area contributed by atoms with E-state index in [4.69, 9.17) is 0 Å². The third-order valence-electron chi connectivity index (χ3n) is 3.74. The number of benzene rings is 1. The highest BCUT2D eigenvalue weighted by molar-refractivity contribution is 5.30. The molecular weight excluding hydrogens is 206 g/mol. The summed E-state index contributed by atoms with van der Waals surface area (Å²) in [7, 11) is 2.06. The molecule has 1 aromatic carbocycles. The highest BCUT2D eigenvalue weighted by atomic mass is 14.8. The molecule has 0 unspecified atom stereocenters. The third-order valence-corrected chi connectivity index (χ3v) is 3.74. The second kappa shape index (κ2) is 6.80. The van der Waals surface area contributed by atoms with E-state index in [1.165, 1.54) is 36.8 Å². The third kappa shape index (κ3) is 3.32. The van der Waals surface area contributed by atoms with Gasteiger partial charge in [0, 0.05) is 12.0 Å². The van der Waals surface area contributed by atoms with Crippen LogP contribution in [0, 0.1) is 6.92 Å². The first-order chi connectivity index (χ1) is 8.27. The molecule has 0 spiro atoms. The van der Waals surface area contributed by atoms with Crippen LogP contribution >= 0.6 is 0 Å². The molecule has 1 saturated carbocycles. The summed E-state index contributed by atoms with van der Waals surface area (Å²) in [6.07, 6.45) is 5.46. The van der Waals surface area contributed by atoms with Gasteiger partial charge in [-0.1, -0.05) is 56.5 Å². The zero-order valence-electron chi connectivity index (χ0n) is 11.8. The summed E-state index contributed by atoms with van der Waals surface area (Å²) in [4.78, 5) is 0. The average molecular weight is 233 g/mol. The molecule has 1 heteroatoms. The van der Waals surface area contributed by atoms with Crippen LogP contribution in [-0.4, -0.2) is 13.6 Å². The van der Waals surface area contributed by atoms with Crippen molar-refractivity contribution in [2.45, 2.75) is 51.9 Å². The molecule has 1 N–H and O–H groups in total. The predicted molar refractivity (Wildman–Crippen MR) is 76.6 cm³/mol. The fraction of sp³-hybridized carbons (Fsp3) is 0.625. The van der Waals surface area contributed by atoms with E-state index < -0.39 is 0 Å². The lowest BCUT2D eigenvalue weighted by molar-refractivity contribution is 0.421. The highest BCUT2D eigenvalue weighted by Gasteiger charge is 2.34. The van der Waals surface area contributed by atoms with E-state index in [1.54, 1.807) is 0 Å². The number of hydrogen-bond donors (Lipinski definition) is 1. The van der Waals surface area contributed by atoms with Crippen LogP contribution in [-0.2, 0) is 5.41 Å². The number of rotatable bonds is 3. The molecular formula is C16H27N. The molecule has 0 amide bonds. The van der Waals surface area contributed by atoms with Crippen molar-refractivity contribution < 1.29 is 0 Å². The van der Waals surface area contributed by atoms with Gasteiger partial charge in [-0.05, 0) is 32.4 Å². The second-order valence-electron chi connectivity index (χ2n) is 4.88. The molecule has 0 saturated heterocycles. The zero-order chi connectivity index (χ0) is 12.7. The summed E-state index contributed by atoms with van der Waals surface area (Å²) in [5, 5.41) is 3.36. The van der Waals surface area contributed by atoms with Gasteiger partial charge in [0.15, 0.2) is 0 Å². The van der Waals surface area contributed by atoms with Crippen LogP contribution in [0.25, 0.3) is 0 Å². The molecule has 0 bridgehead atoms. The molecule has 0 atom stereocenters. The van der Waals surface area contributed by atoms with E-state index in [0.717, 1.165) is 6.54 Å². The average Bonchev–Trinajstić information content (AvgIpc) is 2.83. The standard InChI is InChI=1S/C14H21N.C2H6/c1-12-5-7-13(8-6-12)14(11-15-2)9-3-4-10-14;1-2/h5-8,15H,3-4,9-11H2,1-2H3;1-2H3. The first-order valence-electron chi connectivity index (χ1n) is 6.99. The van der Waals surface area contributed by atoms with E-state index in [1.807, 2.05) is 13.8 Å². The van der Waals surface area contributed by atoms with Gasteiger partial charge in [0.2, 0.25) is 0 Å². The van der Waals surface area contributed by atoms with Crippen LogP contribution in [0.4, 0.5) is 0 Å². The lowest BCUT2D eigenvalue weighted by Gasteiger charge is -2.29. The van der Waals surface area contributed by atoms with E-state index in [-0.39, 0.29) is 0 Å². The molecule has 2 rings (SSSR count). The quantitative estimate of drug-likeness (QED) is 0.830. The van der Waals surface area contributed by atoms with Gasteiger partial charge in [0.05, 0.1) is 0 Å². The monoisotopic (exact) mass is 233 g/mol. The predicted octanol–water partition coefficient (Wildman–Crippen LogP) is 4.05. The molecule has 0 radical (unpaired) electrons. The van der Waals surface area contributed by atoms with Crippen molar-refractivity contribution in [3.63, 3.8) is 0 Å². The molecule has 1 aromatic rings. The Bertz CT molecular complexity index is 307. The second-order valence-corrected chi connectivity index (χ2v) is 4.88. The van der Waals surface area contributed by atoms with Crippen molar-refractivity contribution in [3.8, 4) is 0 Å². The molecule has 1 aliphatic rings. The lowest BCUT2D eigenvalue weighted by atomic mass is 9.78. The summed E-state index contributed by atoms with van der Waals surface area (Å²) < 4.78 is 0. The van der Waals surface area contributed by atoms with Crippen molar-refractivity contribution in [3.05, 3.63) is 35.4 Å². The molecule has 0 heterocycles. The summed E-state index contributed by atoms with van der Waals surface area (Å²) in [5.41, 5.74) is 3.30. The summed E-state index contributed by atoms with van der Waals surface area (Å²) in [6, 6.07) is 9.12. The smallest absolute Gasteiger partial charge is 0.00776 e. The van der Waals surface area contributed by atoms with Gasteiger partial charge >= 0.3 is 0 Å². The first-order valence-corrected chi connectivity index (χ1v) is 6.99. The largest absolute Gasteiger partial charge is 0.319 e. The van der Waals surface area contributed by atoms with Gasteiger partial charge in [-0.2, -0.15) is 0 Å². The Labute approximate surface area is 107 Å². The van der Waals surface area contributed by atoms with Gasteiger partial charge in [0.1, 0.15) is 0 Å². The maximum absolute atomic E-state index is 3.36. The molecule has 0 aromatic heterocycles. The Morgan fingerprint density at radius 1 is 1.06 bits per heavy atom. The molecule has 1 aliphatic carbocycles. The molecule has 1 nitrogen and oxygen atoms in total. The molecule has 1 fully saturated rings. The van der Waals surface area contributed by atoms with Crippen LogP contribution in [0.3, 0.4) is 0 Å². The van der Waals surface area contributed by atoms with Crippen molar-refractivity contribution in [1.29, 1.82) is 0 Å². The summed E-state index contributed by atoms with van der Waals surface area (Å²) in [6.45, 7) is 7.28. The minimum Gasteiger partial charge on any atom is -0.319 e. The van der Waals surface area contributed by atoms with Gasteiger partial charge in [0.25, 0.3) is 0 Å². The van der Waals surface area contributed by atoms with E-state index in [0.29, 0.717) is 5.41 Å². The van der Waals surface area contributed by atoms with Crippen LogP contribution in [0.15, 0.2) is 24.3 Å². The maximum Gasteiger partial charge on any atom is 0.00776 e. The van der Waals surface area contributed by atoms with Crippen molar-refractivity contribution in [2.75, 3.05) is 13.6 Å². The van der Waals surface area contributed by atoms with E-state index in [9.17, 15) is 0 Å². The summed E-state index contributed by atoms with van der Waals surface area (Å²) in [5.74, 6) is 0. The Hall–Kier alpha value is -0.820. The first kappa shape index (κ1) is 14.2. The van der Waals surface area contributed by atoms with Crippen LogP contribution in [0.1, 0.15) is 50.7 Å². The highest BCUT2D eigenvalue weighted by Crippen LogP contribution is 2.40. The Kier molecular flexibility index (Phi) is 5.70. The van der Waals surface area contributed by atoms with E-state index in [2.05, 4.69) is 43.6 Å². The fourth-order valence-corrected chi connectivity index (χ4v) is 2.86.